The molecule has 0 saturated heterocycles. The zero-order valence-corrected chi connectivity index (χ0v) is 13.1. The molecule has 0 amide bonds. The van der Waals surface area contributed by atoms with Crippen molar-refractivity contribution < 1.29 is 22.7 Å². The van der Waals surface area contributed by atoms with E-state index in [2.05, 4.69) is 0 Å². The number of hydrogen-bond donors (Lipinski definition) is 1. The van der Waals surface area contributed by atoms with E-state index in [0.717, 1.165) is 12.5 Å². The lowest BCUT2D eigenvalue weighted by atomic mass is 9.74. The summed E-state index contributed by atoms with van der Waals surface area (Å²) in [6.45, 7) is 2.09. The Balaban J connectivity index is 2.12. The fraction of sp³-hybridized carbons (Fsp3) is 0.588. The van der Waals surface area contributed by atoms with Gasteiger partial charge in [0.1, 0.15) is 0 Å². The molecule has 0 radical (unpaired) electrons. The minimum absolute atomic E-state index is 0.105. The maximum atomic E-state index is 12.9. The van der Waals surface area contributed by atoms with Crippen LogP contribution in [0.25, 0.3) is 0 Å². The molecule has 6 heteroatoms. The summed E-state index contributed by atoms with van der Waals surface area (Å²) >= 11 is 0. The lowest BCUT2D eigenvalue weighted by molar-refractivity contribution is -0.144. The zero-order valence-electron chi connectivity index (χ0n) is 13.1. The Hall–Kier alpha value is -1.56. The van der Waals surface area contributed by atoms with Gasteiger partial charge in [0.25, 0.3) is 0 Å². The van der Waals surface area contributed by atoms with Crippen molar-refractivity contribution in [1.29, 1.82) is 0 Å². The third-order valence-electron chi connectivity index (χ3n) is 4.42. The summed E-state index contributed by atoms with van der Waals surface area (Å²) in [5, 5.41) is 0. The molecule has 1 aliphatic carbocycles. The molecule has 128 valence electrons. The molecule has 1 aromatic carbocycles. The molecule has 2 N–H and O–H groups in total. The van der Waals surface area contributed by atoms with Crippen molar-refractivity contribution in [3.8, 4) is 0 Å². The number of halogens is 3. The highest BCUT2D eigenvalue weighted by Crippen LogP contribution is 2.39. The van der Waals surface area contributed by atoms with Crippen LogP contribution in [0, 0.1) is 5.92 Å². The Bertz CT molecular complexity index is 545. The molecule has 23 heavy (non-hydrogen) atoms. The molecule has 1 aliphatic rings. The van der Waals surface area contributed by atoms with Gasteiger partial charge in [-0.25, -0.2) is 0 Å². The van der Waals surface area contributed by atoms with E-state index in [1.54, 1.807) is 13.0 Å². The summed E-state index contributed by atoms with van der Waals surface area (Å²) < 4.78 is 43.6. The predicted octanol–water partition coefficient (Wildman–Crippen LogP) is 3.87. The minimum Gasteiger partial charge on any atom is -0.466 e. The molecule has 3 atom stereocenters. The minimum atomic E-state index is -4.36. The second-order valence-electron chi connectivity index (χ2n) is 6.08. The second-order valence-corrected chi connectivity index (χ2v) is 6.08. The van der Waals surface area contributed by atoms with Gasteiger partial charge >= 0.3 is 12.1 Å². The van der Waals surface area contributed by atoms with Crippen LogP contribution in [-0.4, -0.2) is 18.6 Å². The Morgan fingerprint density at radius 2 is 2.09 bits per heavy atom. The molecule has 1 aromatic rings. The Kier molecular flexibility index (Phi) is 5.68. The van der Waals surface area contributed by atoms with Crippen molar-refractivity contribution in [2.75, 3.05) is 6.61 Å². The highest BCUT2D eigenvalue weighted by molar-refractivity contribution is 5.69. The summed E-state index contributed by atoms with van der Waals surface area (Å²) in [7, 11) is 0. The van der Waals surface area contributed by atoms with Crippen LogP contribution in [0.2, 0.25) is 0 Å². The van der Waals surface area contributed by atoms with Gasteiger partial charge < -0.3 is 10.5 Å². The topological polar surface area (TPSA) is 52.3 Å². The van der Waals surface area contributed by atoms with Crippen LogP contribution in [0.5, 0.6) is 0 Å². The molecule has 3 nitrogen and oxygen atoms in total. The zero-order chi connectivity index (χ0) is 17.0. The standard InChI is InChI=1S/C17H22F3NO2/c1-2-23-16(22)9-11-6-7-15(21)14(8-11)12-4-3-5-13(10-12)17(18,19)20/h3-5,10-11,14-15H,2,6-9,21H2,1H3/t11?,14-,15+/m0/s1. The normalized spacial score (nSPS) is 25.2. The lowest BCUT2D eigenvalue weighted by Crippen LogP contribution is -2.35. The quantitative estimate of drug-likeness (QED) is 0.853. The summed E-state index contributed by atoms with van der Waals surface area (Å²) in [5.74, 6) is -0.311. The largest absolute Gasteiger partial charge is 0.466 e. The number of esters is 1. The van der Waals surface area contributed by atoms with Gasteiger partial charge in [0.05, 0.1) is 12.2 Å². The number of benzene rings is 1. The molecule has 0 aromatic heterocycles. The van der Waals surface area contributed by atoms with Crippen LogP contribution >= 0.6 is 0 Å². The number of ether oxygens (including phenoxy) is 1. The number of nitrogens with two attached hydrogens (primary N) is 1. The van der Waals surface area contributed by atoms with Gasteiger partial charge in [0, 0.05) is 12.5 Å². The van der Waals surface area contributed by atoms with Gasteiger partial charge in [-0.15, -0.1) is 0 Å². The molecule has 1 fully saturated rings. The van der Waals surface area contributed by atoms with E-state index in [-0.39, 0.29) is 23.8 Å². The summed E-state index contributed by atoms with van der Waals surface area (Å²) in [5.41, 5.74) is 6.06. The van der Waals surface area contributed by atoms with E-state index in [0.29, 0.717) is 31.4 Å². The lowest BCUT2D eigenvalue weighted by Gasteiger charge is -2.34. The van der Waals surface area contributed by atoms with Crippen molar-refractivity contribution >= 4 is 5.97 Å². The van der Waals surface area contributed by atoms with E-state index < -0.39 is 11.7 Å². The molecular formula is C17H22F3NO2. The molecule has 0 bridgehead atoms. The van der Waals surface area contributed by atoms with Crippen molar-refractivity contribution in [3.63, 3.8) is 0 Å². The van der Waals surface area contributed by atoms with Crippen LogP contribution in [0.4, 0.5) is 13.2 Å². The molecule has 0 spiro atoms. The third-order valence-corrected chi connectivity index (χ3v) is 4.42. The maximum Gasteiger partial charge on any atom is 0.416 e. The third kappa shape index (κ3) is 4.70. The van der Waals surface area contributed by atoms with Crippen LogP contribution < -0.4 is 5.73 Å². The van der Waals surface area contributed by atoms with Crippen LogP contribution in [-0.2, 0) is 15.7 Å². The first kappa shape index (κ1) is 17.8. The number of rotatable bonds is 4. The maximum absolute atomic E-state index is 12.9. The molecular weight excluding hydrogens is 307 g/mol. The molecule has 0 aliphatic heterocycles. The summed E-state index contributed by atoms with van der Waals surface area (Å²) in [4.78, 5) is 11.6. The van der Waals surface area contributed by atoms with Crippen LogP contribution in [0.3, 0.4) is 0 Å². The van der Waals surface area contributed by atoms with Crippen molar-refractivity contribution in [2.45, 2.75) is 50.7 Å². The molecule has 1 saturated carbocycles. The monoisotopic (exact) mass is 329 g/mol. The van der Waals surface area contributed by atoms with Gasteiger partial charge in [-0.3, -0.25) is 4.79 Å². The number of carbonyl (C=O) groups is 1. The number of alkyl halides is 3. The summed E-state index contributed by atoms with van der Waals surface area (Å²) in [6, 6.07) is 5.16. The van der Waals surface area contributed by atoms with Crippen molar-refractivity contribution in [2.24, 2.45) is 11.7 Å². The van der Waals surface area contributed by atoms with E-state index in [1.807, 2.05) is 0 Å². The Morgan fingerprint density at radius 1 is 1.35 bits per heavy atom. The number of hydrogen-bond acceptors (Lipinski definition) is 3. The highest BCUT2D eigenvalue weighted by atomic mass is 19.4. The van der Waals surface area contributed by atoms with E-state index >= 15 is 0 Å². The highest BCUT2D eigenvalue weighted by Gasteiger charge is 2.34. The van der Waals surface area contributed by atoms with Crippen LogP contribution in [0.1, 0.15) is 49.7 Å². The van der Waals surface area contributed by atoms with Gasteiger partial charge in [0.2, 0.25) is 0 Å². The van der Waals surface area contributed by atoms with E-state index in [1.165, 1.54) is 12.1 Å². The van der Waals surface area contributed by atoms with Gasteiger partial charge in [-0.05, 0) is 49.7 Å². The Labute approximate surface area is 134 Å². The fourth-order valence-electron chi connectivity index (χ4n) is 3.25. The van der Waals surface area contributed by atoms with Crippen LogP contribution in [0.15, 0.2) is 24.3 Å². The first-order valence-electron chi connectivity index (χ1n) is 7.89. The predicted molar refractivity (Wildman–Crippen MR) is 80.8 cm³/mol. The first-order valence-corrected chi connectivity index (χ1v) is 7.89. The second kappa shape index (κ2) is 7.34. The van der Waals surface area contributed by atoms with Gasteiger partial charge in [0.15, 0.2) is 0 Å². The van der Waals surface area contributed by atoms with Crippen molar-refractivity contribution in [3.05, 3.63) is 35.4 Å². The molecule has 1 unspecified atom stereocenters. The number of carbonyl (C=O) groups excluding carboxylic acids is 1. The Morgan fingerprint density at radius 3 is 2.74 bits per heavy atom. The van der Waals surface area contributed by atoms with Gasteiger partial charge in [-0.2, -0.15) is 13.2 Å². The van der Waals surface area contributed by atoms with E-state index in [4.69, 9.17) is 10.5 Å². The molecule has 0 heterocycles. The smallest absolute Gasteiger partial charge is 0.416 e. The van der Waals surface area contributed by atoms with Crippen molar-refractivity contribution in [1.82, 2.24) is 0 Å². The fourth-order valence-corrected chi connectivity index (χ4v) is 3.25. The average Bonchev–Trinajstić information content (AvgIpc) is 2.49. The van der Waals surface area contributed by atoms with E-state index in [9.17, 15) is 18.0 Å². The van der Waals surface area contributed by atoms with Gasteiger partial charge in [-0.1, -0.05) is 18.2 Å². The first-order chi connectivity index (χ1) is 10.8. The molecule has 2 rings (SSSR count). The average molecular weight is 329 g/mol. The summed E-state index contributed by atoms with van der Waals surface area (Å²) in [6.07, 6.45) is -1.95. The SMILES string of the molecule is CCOC(=O)CC1CC[C@@H](N)[C@H](c2cccc(C(F)(F)F)c2)C1.